The largest absolute Gasteiger partial charge is 0.416 e. The molecule has 62 heavy (non-hydrogen) atoms. The average molecular weight is 830 g/mol. The number of hydrogen-bond donors (Lipinski definition) is 0. The quantitative estimate of drug-likeness (QED) is 0.0981. The molecule has 0 radical (unpaired) electrons. The minimum Gasteiger partial charge on any atom is -0.307 e. The lowest BCUT2D eigenvalue weighted by Gasteiger charge is -2.19. The number of pyridine rings is 4. The molecular formula is C49H21F6N3O4. The molecule has 0 spiro atoms. The standard InChI is InChI=1S/C49H21F6N3O4/c50-48(51,52)28-13-25(14-29(19-28)49(53,54)55)27-17-35-43-37(18-27)47(62)33-20-32-40(21-41(33)58(43)39-8-4-2-6-31(39)45(35)60)57-38-7-3-1-5-30(38)44(59)34-15-26(16-36(42(34)57)46(32)61)24-11-9-23(22-56)10-12-24/h1-21H. The Morgan fingerprint density at radius 3 is 1.19 bits per heavy atom. The number of nitriles is 1. The number of nitrogens with zero attached hydrogens (tertiary/aromatic N) is 3. The van der Waals surface area contributed by atoms with Crippen molar-refractivity contribution in [3.05, 3.63) is 185 Å². The Morgan fingerprint density at radius 2 is 0.774 bits per heavy atom. The summed E-state index contributed by atoms with van der Waals surface area (Å²) in [6.07, 6.45) is -10.3. The van der Waals surface area contributed by atoms with Crippen LogP contribution in [0, 0.1) is 11.3 Å². The highest BCUT2D eigenvalue weighted by atomic mass is 19.4. The molecular weight excluding hydrogens is 809 g/mol. The van der Waals surface area contributed by atoms with Gasteiger partial charge in [-0.05, 0) is 113 Å². The first-order chi connectivity index (χ1) is 29.6. The predicted octanol–water partition coefficient (Wildman–Crippen LogP) is 10.7. The Kier molecular flexibility index (Phi) is 7.42. The van der Waals surface area contributed by atoms with Gasteiger partial charge in [0.25, 0.3) is 0 Å². The number of fused-ring (bicyclic) bond motifs is 8. The van der Waals surface area contributed by atoms with E-state index >= 15 is 0 Å². The molecule has 0 aliphatic rings. The van der Waals surface area contributed by atoms with Crippen LogP contribution in [0.1, 0.15) is 16.7 Å². The van der Waals surface area contributed by atoms with Gasteiger partial charge in [-0.3, -0.25) is 19.2 Å². The van der Waals surface area contributed by atoms with Gasteiger partial charge < -0.3 is 8.80 Å². The number of para-hydroxylation sites is 2. The molecule has 0 aliphatic heterocycles. The first kappa shape index (κ1) is 36.9. The van der Waals surface area contributed by atoms with E-state index in [1.165, 1.54) is 24.3 Å². The van der Waals surface area contributed by atoms with Crippen LogP contribution in [0.4, 0.5) is 26.3 Å². The van der Waals surface area contributed by atoms with Crippen molar-refractivity contribution in [2.75, 3.05) is 0 Å². The summed E-state index contributed by atoms with van der Waals surface area (Å²) < 4.78 is 87.6. The second kappa shape index (κ2) is 12.5. The van der Waals surface area contributed by atoms with Gasteiger partial charge >= 0.3 is 12.4 Å². The van der Waals surface area contributed by atoms with Crippen LogP contribution in [0.15, 0.2) is 147 Å². The molecule has 4 aromatic heterocycles. The SMILES string of the molecule is N#Cc1ccc(-c2cc3c(=O)c4ccccc4n4c5cc6c(cc5c(=O)c(c2)c34)c(=O)c2cc(-c3cc(C(F)(F)F)cc(C(F)(F)F)c3)cc3c(=O)c4ccccc4n6c32)cc1. The zero-order valence-corrected chi connectivity index (χ0v) is 31.4. The number of halogens is 6. The molecule has 4 heterocycles. The molecule has 0 saturated heterocycles. The first-order valence-corrected chi connectivity index (χ1v) is 18.9. The highest BCUT2D eigenvalue weighted by Crippen LogP contribution is 2.41. The van der Waals surface area contributed by atoms with Crippen molar-refractivity contribution in [3.63, 3.8) is 0 Å². The van der Waals surface area contributed by atoms with Crippen molar-refractivity contribution < 1.29 is 26.3 Å². The second-order valence-corrected chi connectivity index (χ2v) is 15.2. The third-order valence-corrected chi connectivity index (χ3v) is 11.8. The lowest BCUT2D eigenvalue weighted by molar-refractivity contribution is -0.143. The van der Waals surface area contributed by atoms with Crippen molar-refractivity contribution in [1.29, 1.82) is 5.26 Å². The minimum absolute atomic E-state index is 0.00169. The lowest BCUT2D eigenvalue weighted by atomic mass is 9.94. The maximum Gasteiger partial charge on any atom is 0.416 e. The molecule has 7 aromatic carbocycles. The molecule has 0 amide bonds. The average Bonchev–Trinajstić information content (AvgIpc) is 3.27. The number of aromatic nitrogens is 2. The van der Waals surface area contributed by atoms with E-state index < -0.39 is 45.3 Å². The molecule has 0 fully saturated rings. The van der Waals surface area contributed by atoms with Gasteiger partial charge in [0.05, 0.1) is 55.9 Å². The van der Waals surface area contributed by atoms with E-state index in [2.05, 4.69) is 6.07 Å². The summed E-state index contributed by atoms with van der Waals surface area (Å²) in [6.45, 7) is 0. The summed E-state index contributed by atoms with van der Waals surface area (Å²) in [4.78, 5) is 58.3. The smallest absolute Gasteiger partial charge is 0.307 e. The monoisotopic (exact) mass is 829 g/mol. The van der Waals surface area contributed by atoms with Crippen molar-refractivity contribution in [3.8, 4) is 28.3 Å². The summed E-state index contributed by atoms with van der Waals surface area (Å²) in [5.74, 6) is 0. The van der Waals surface area contributed by atoms with Crippen molar-refractivity contribution in [2.24, 2.45) is 0 Å². The van der Waals surface area contributed by atoms with E-state index in [4.69, 9.17) is 0 Å². The zero-order chi connectivity index (χ0) is 43.1. The molecule has 0 bridgehead atoms. The van der Waals surface area contributed by atoms with Crippen LogP contribution >= 0.6 is 0 Å². The van der Waals surface area contributed by atoms with Crippen molar-refractivity contribution in [2.45, 2.75) is 12.4 Å². The Bertz CT molecular complexity index is 4080. The highest BCUT2D eigenvalue weighted by molar-refractivity contribution is 6.14. The fraction of sp³-hybridized carbons (Fsp3) is 0.0408. The van der Waals surface area contributed by atoms with Crippen LogP contribution in [0.2, 0.25) is 0 Å². The van der Waals surface area contributed by atoms with Crippen LogP contribution in [-0.4, -0.2) is 8.80 Å². The van der Waals surface area contributed by atoms with E-state index in [0.717, 1.165) is 0 Å². The molecule has 0 saturated carbocycles. The van der Waals surface area contributed by atoms with Crippen LogP contribution < -0.4 is 21.7 Å². The second-order valence-electron chi connectivity index (χ2n) is 15.2. The molecule has 13 heteroatoms. The Labute approximate surface area is 341 Å². The maximum absolute atomic E-state index is 14.9. The molecule has 0 unspecified atom stereocenters. The van der Waals surface area contributed by atoms with E-state index in [9.17, 15) is 50.8 Å². The molecule has 7 nitrogen and oxygen atoms in total. The van der Waals surface area contributed by atoms with Gasteiger partial charge in [-0.2, -0.15) is 31.6 Å². The first-order valence-electron chi connectivity index (χ1n) is 18.9. The van der Waals surface area contributed by atoms with E-state index in [0.29, 0.717) is 56.3 Å². The molecule has 0 aliphatic carbocycles. The van der Waals surface area contributed by atoms with Crippen molar-refractivity contribution in [1.82, 2.24) is 8.80 Å². The maximum atomic E-state index is 14.9. The Hall–Kier alpha value is -8.11. The fourth-order valence-corrected chi connectivity index (χ4v) is 8.99. The molecule has 0 N–H and O–H groups in total. The van der Waals surface area contributed by atoms with E-state index in [-0.39, 0.29) is 65.8 Å². The van der Waals surface area contributed by atoms with Crippen molar-refractivity contribution >= 4 is 76.2 Å². The van der Waals surface area contributed by atoms with Gasteiger partial charge in [-0.25, -0.2) is 0 Å². The molecule has 0 atom stereocenters. The summed E-state index contributed by atoms with van der Waals surface area (Å²) in [6, 6.07) is 31.8. The van der Waals surface area contributed by atoms with Gasteiger partial charge in [-0.1, -0.05) is 36.4 Å². The number of rotatable bonds is 2. The topological polar surface area (TPSA) is 101 Å². The molecule has 298 valence electrons. The van der Waals surface area contributed by atoms with Crippen LogP contribution in [0.3, 0.4) is 0 Å². The summed E-state index contributed by atoms with van der Waals surface area (Å²) in [5.41, 5.74) is -2.75. The fourth-order valence-electron chi connectivity index (χ4n) is 8.99. The summed E-state index contributed by atoms with van der Waals surface area (Å²) in [5, 5.41) is 10.0. The Morgan fingerprint density at radius 1 is 0.387 bits per heavy atom. The van der Waals surface area contributed by atoms with Gasteiger partial charge in [-0.15, -0.1) is 0 Å². The number of benzene rings is 7. The van der Waals surface area contributed by atoms with Crippen LogP contribution in [0.5, 0.6) is 0 Å². The van der Waals surface area contributed by atoms with Gasteiger partial charge in [0.15, 0.2) is 21.7 Å². The summed E-state index contributed by atoms with van der Waals surface area (Å²) in [7, 11) is 0. The van der Waals surface area contributed by atoms with Gasteiger partial charge in [0, 0.05) is 43.1 Å². The van der Waals surface area contributed by atoms with Crippen LogP contribution in [-0.2, 0) is 12.4 Å². The lowest BCUT2D eigenvalue weighted by Crippen LogP contribution is -2.17. The third-order valence-electron chi connectivity index (χ3n) is 11.8. The normalized spacial score (nSPS) is 12.6. The Balaban J connectivity index is 1.33. The minimum atomic E-state index is -5.16. The zero-order valence-electron chi connectivity index (χ0n) is 31.4. The van der Waals surface area contributed by atoms with E-state index in [1.54, 1.807) is 93.7 Å². The van der Waals surface area contributed by atoms with Crippen LogP contribution in [0.25, 0.3) is 98.4 Å². The number of hydrogen-bond acceptors (Lipinski definition) is 5. The highest BCUT2D eigenvalue weighted by Gasteiger charge is 2.37. The third kappa shape index (κ3) is 5.13. The molecule has 11 aromatic rings. The van der Waals surface area contributed by atoms with Gasteiger partial charge in [0.1, 0.15) is 0 Å². The van der Waals surface area contributed by atoms with E-state index in [1.807, 2.05) is 0 Å². The van der Waals surface area contributed by atoms with Gasteiger partial charge in [0.2, 0.25) is 0 Å². The predicted molar refractivity (Wildman–Crippen MR) is 226 cm³/mol. The summed E-state index contributed by atoms with van der Waals surface area (Å²) >= 11 is 0. The molecule has 11 rings (SSSR count). The number of alkyl halides is 6.